The monoisotopic (exact) mass is 134 g/mol. The van der Waals surface area contributed by atoms with Crippen molar-refractivity contribution >= 4 is 6.08 Å². The van der Waals surface area contributed by atoms with Crippen molar-refractivity contribution in [3.8, 4) is 0 Å². The number of nitrogens with zero attached hydrogens (tertiary/aromatic N) is 1. The average Bonchev–Trinajstić information content (AvgIpc) is 2.69. The number of H-pyrrole nitrogens is 1. The van der Waals surface area contributed by atoms with Gasteiger partial charge in [0, 0.05) is 17.2 Å². The number of aromatic nitrogens is 2. The molecule has 1 heterocycles. The Morgan fingerprint density at radius 2 is 2.50 bits per heavy atom. The largest absolute Gasteiger partial charge is 0.282 e. The fourth-order valence-corrected chi connectivity index (χ4v) is 1.17. The highest BCUT2D eigenvalue weighted by Crippen LogP contribution is 2.40. The van der Waals surface area contributed by atoms with E-state index in [0.29, 0.717) is 0 Å². The highest BCUT2D eigenvalue weighted by molar-refractivity contribution is 5.50. The quantitative estimate of drug-likeness (QED) is 0.657. The Labute approximate surface area is 60.0 Å². The summed E-state index contributed by atoms with van der Waals surface area (Å²) in [5.74, 6) is 0.746. The minimum atomic E-state index is 0.746. The first-order chi connectivity index (χ1) is 4.92. The molecule has 0 aromatic carbocycles. The van der Waals surface area contributed by atoms with Crippen LogP contribution in [0.5, 0.6) is 0 Å². The predicted octanol–water partition coefficient (Wildman–Crippen LogP) is 1.93. The first-order valence-corrected chi connectivity index (χ1v) is 3.57. The third kappa shape index (κ3) is 0.764. The van der Waals surface area contributed by atoms with Crippen molar-refractivity contribution in [2.75, 3.05) is 0 Å². The van der Waals surface area contributed by atoms with Gasteiger partial charge in [0.1, 0.15) is 0 Å². The van der Waals surface area contributed by atoms with Gasteiger partial charge < -0.3 is 0 Å². The molecule has 0 unspecified atom stereocenters. The number of rotatable bonds is 2. The molecule has 0 aliphatic heterocycles. The van der Waals surface area contributed by atoms with Crippen molar-refractivity contribution in [3.63, 3.8) is 0 Å². The SMILES string of the molecule is C=Cc1cn[nH]c1C1CC1. The van der Waals surface area contributed by atoms with Crippen LogP contribution in [0.4, 0.5) is 0 Å². The molecule has 0 amide bonds. The van der Waals surface area contributed by atoms with Gasteiger partial charge in [0.05, 0.1) is 6.20 Å². The Hall–Kier alpha value is -1.05. The van der Waals surface area contributed by atoms with E-state index in [0.717, 1.165) is 5.92 Å². The predicted molar refractivity (Wildman–Crippen MR) is 40.7 cm³/mol. The van der Waals surface area contributed by atoms with Crippen molar-refractivity contribution < 1.29 is 0 Å². The third-order valence-electron chi connectivity index (χ3n) is 1.91. The number of hydrogen-bond acceptors (Lipinski definition) is 1. The van der Waals surface area contributed by atoms with Crippen LogP contribution in [0.25, 0.3) is 6.08 Å². The molecule has 2 nitrogen and oxygen atoms in total. The smallest absolute Gasteiger partial charge is 0.0562 e. The molecule has 10 heavy (non-hydrogen) atoms. The Kier molecular flexibility index (Phi) is 1.13. The molecule has 1 aromatic heterocycles. The zero-order valence-corrected chi connectivity index (χ0v) is 5.80. The Balaban J connectivity index is 2.37. The van der Waals surface area contributed by atoms with Gasteiger partial charge in [-0.1, -0.05) is 12.7 Å². The van der Waals surface area contributed by atoms with Crippen LogP contribution in [0.3, 0.4) is 0 Å². The van der Waals surface area contributed by atoms with Gasteiger partial charge in [-0.3, -0.25) is 5.10 Å². The molecule has 2 heteroatoms. The highest BCUT2D eigenvalue weighted by atomic mass is 15.1. The fourth-order valence-electron chi connectivity index (χ4n) is 1.17. The van der Waals surface area contributed by atoms with Gasteiger partial charge in [0.15, 0.2) is 0 Å². The summed E-state index contributed by atoms with van der Waals surface area (Å²) in [5, 5.41) is 6.96. The molecule has 1 aliphatic rings. The topological polar surface area (TPSA) is 28.7 Å². The van der Waals surface area contributed by atoms with Crippen molar-refractivity contribution in [1.29, 1.82) is 0 Å². The van der Waals surface area contributed by atoms with E-state index >= 15 is 0 Å². The van der Waals surface area contributed by atoms with Crippen molar-refractivity contribution in [1.82, 2.24) is 10.2 Å². The number of aromatic amines is 1. The molecule has 0 bridgehead atoms. The molecule has 0 atom stereocenters. The van der Waals surface area contributed by atoms with Gasteiger partial charge >= 0.3 is 0 Å². The first-order valence-electron chi connectivity index (χ1n) is 3.57. The van der Waals surface area contributed by atoms with Crippen LogP contribution in [-0.2, 0) is 0 Å². The highest BCUT2D eigenvalue weighted by Gasteiger charge is 2.26. The zero-order valence-electron chi connectivity index (χ0n) is 5.80. The molecule has 1 saturated carbocycles. The van der Waals surface area contributed by atoms with Crippen molar-refractivity contribution in [2.24, 2.45) is 0 Å². The summed E-state index contributed by atoms with van der Waals surface area (Å²) in [6.45, 7) is 3.71. The Bertz CT molecular complexity index is 246. The molecule has 52 valence electrons. The molecular formula is C8H10N2. The van der Waals surface area contributed by atoms with Crippen LogP contribution in [0.2, 0.25) is 0 Å². The molecule has 0 radical (unpaired) electrons. The fraction of sp³-hybridized carbons (Fsp3) is 0.375. The van der Waals surface area contributed by atoms with Crippen molar-refractivity contribution in [2.45, 2.75) is 18.8 Å². The molecule has 2 rings (SSSR count). The lowest BCUT2D eigenvalue weighted by Gasteiger charge is -1.91. The summed E-state index contributed by atoms with van der Waals surface area (Å²) >= 11 is 0. The zero-order chi connectivity index (χ0) is 6.97. The summed E-state index contributed by atoms with van der Waals surface area (Å²) in [5.41, 5.74) is 2.44. The minimum absolute atomic E-state index is 0.746. The minimum Gasteiger partial charge on any atom is -0.282 e. The molecule has 0 spiro atoms. The van der Waals surface area contributed by atoms with E-state index in [2.05, 4.69) is 16.8 Å². The third-order valence-corrected chi connectivity index (χ3v) is 1.91. The summed E-state index contributed by atoms with van der Waals surface area (Å²) in [4.78, 5) is 0. The normalized spacial score (nSPS) is 17.2. The molecule has 1 aliphatic carbocycles. The molecule has 1 fully saturated rings. The maximum absolute atomic E-state index is 3.96. The van der Waals surface area contributed by atoms with E-state index in [1.54, 1.807) is 0 Å². The van der Waals surface area contributed by atoms with Crippen LogP contribution >= 0.6 is 0 Å². The lowest BCUT2D eigenvalue weighted by Crippen LogP contribution is -1.81. The van der Waals surface area contributed by atoms with E-state index in [9.17, 15) is 0 Å². The van der Waals surface area contributed by atoms with E-state index < -0.39 is 0 Å². The van der Waals surface area contributed by atoms with E-state index in [1.165, 1.54) is 24.1 Å². The standard InChI is InChI=1S/C8H10N2/c1-2-6-5-9-10-8(6)7-3-4-7/h2,5,7H,1,3-4H2,(H,9,10). The van der Waals surface area contributed by atoms with Crippen LogP contribution in [0.1, 0.15) is 30.0 Å². The maximum atomic E-state index is 3.96. The lowest BCUT2D eigenvalue weighted by molar-refractivity contribution is 0.964. The van der Waals surface area contributed by atoms with Gasteiger partial charge in [-0.2, -0.15) is 5.10 Å². The molecule has 1 aromatic rings. The maximum Gasteiger partial charge on any atom is 0.0562 e. The lowest BCUT2D eigenvalue weighted by atomic mass is 10.2. The summed E-state index contributed by atoms with van der Waals surface area (Å²) < 4.78 is 0. The Morgan fingerprint density at radius 1 is 1.70 bits per heavy atom. The van der Waals surface area contributed by atoms with Crippen molar-refractivity contribution in [3.05, 3.63) is 24.0 Å². The van der Waals surface area contributed by atoms with Crippen LogP contribution in [0, 0.1) is 0 Å². The average molecular weight is 134 g/mol. The van der Waals surface area contributed by atoms with Gasteiger partial charge in [-0.05, 0) is 12.8 Å². The molecular weight excluding hydrogens is 124 g/mol. The van der Waals surface area contributed by atoms with Gasteiger partial charge in [0.2, 0.25) is 0 Å². The second-order valence-electron chi connectivity index (χ2n) is 2.72. The molecule has 1 N–H and O–H groups in total. The van der Waals surface area contributed by atoms with Gasteiger partial charge in [-0.15, -0.1) is 0 Å². The number of hydrogen-bond donors (Lipinski definition) is 1. The second kappa shape index (κ2) is 1.97. The van der Waals surface area contributed by atoms with E-state index in [4.69, 9.17) is 0 Å². The van der Waals surface area contributed by atoms with E-state index in [-0.39, 0.29) is 0 Å². The first kappa shape index (κ1) is 5.71. The van der Waals surface area contributed by atoms with Crippen LogP contribution < -0.4 is 0 Å². The second-order valence-corrected chi connectivity index (χ2v) is 2.72. The van der Waals surface area contributed by atoms with Gasteiger partial charge in [0.25, 0.3) is 0 Å². The van der Waals surface area contributed by atoms with E-state index in [1.807, 2.05) is 12.3 Å². The van der Waals surface area contributed by atoms with Crippen LogP contribution in [0.15, 0.2) is 12.8 Å². The molecule has 0 saturated heterocycles. The van der Waals surface area contributed by atoms with Gasteiger partial charge in [-0.25, -0.2) is 0 Å². The summed E-state index contributed by atoms with van der Waals surface area (Å²) in [7, 11) is 0. The summed E-state index contributed by atoms with van der Waals surface area (Å²) in [6.07, 6.45) is 6.31. The van der Waals surface area contributed by atoms with Crippen LogP contribution in [-0.4, -0.2) is 10.2 Å². The number of nitrogens with one attached hydrogen (secondary N) is 1. The Morgan fingerprint density at radius 3 is 3.10 bits per heavy atom. The summed E-state index contributed by atoms with van der Waals surface area (Å²) in [6, 6.07) is 0.